The van der Waals surface area contributed by atoms with Crippen LogP contribution < -0.4 is 0 Å². The van der Waals surface area contributed by atoms with Crippen molar-refractivity contribution in [3.8, 4) is 45.3 Å². The second-order valence-electron chi connectivity index (χ2n) is 6.72. The van der Waals surface area contributed by atoms with E-state index >= 15 is 0 Å². The van der Waals surface area contributed by atoms with Crippen molar-refractivity contribution in [1.29, 1.82) is 0 Å². The fourth-order valence-corrected chi connectivity index (χ4v) is 3.27. The summed E-state index contributed by atoms with van der Waals surface area (Å²) in [5.74, 6) is 1.11. The zero-order valence-electron chi connectivity index (χ0n) is 16.2. The molecule has 0 aliphatic heterocycles. The minimum absolute atomic E-state index is 0.556. The van der Waals surface area contributed by atoms with Gasteiger partial charge < -0.3 is 0 Å². The Balaban J connectivity index is 1.46. The number of tetrazole rings is 2. The van der Waals surface area contributed by atoms with Gasteiger partial charge in [-0.2, -0.15) is 10.4 Å². The van der Waals surface area contributed by atoms with Crippen molar-refractivity contribution in [1.82, 2.24) is 51.2 Å². The van der Waals surface area contributed by atoms with Crippen LogP contribution in [0.1, 0.15) is 11.4 Å². The Labute approximate surface area is 170 Å². The van der Waals surface area contributed by atoms with E-state index in [1.807, 2.05) is 62.4 Å². The van der Waals surface area contributed by atoms with Crippen molar-refractivity contribution in [2.24, 2.45) is 0 Å². The Kier molecular flexibility index (Phi) is 4.28. The molecule has 0 spiro atoms. The highest BCUT2D eigenvalue weighted by molar-refractivity contribution is 5.71. The molecule has 0 saturated heterocycles. The van der Waals surface area contributed by atoms with E-state index in [0.717, 1.165) is 45.0 Å². The monoisotopic (exact) mass is 396 g/mol. The van der Waals surface area contributed by atoms with Gasteiger partial charge in [0.2, 0.25) is 11.6 Å². The van der Waals surface area contributed by atoms with E-state index in [9.17, 15) is 0 Å². The minimum Gasteiger partial charge on any atom is -0.249 e. The lowest BCUT2D eigenvalue weighted by atomic mass is 10.0. The predicted octanol–water partition coefficient (Wildman–Crippen LogP) is 2.79. The molecule has 2 N–H and O–H groups in total. The third kappa shape index (κ3) is 3.20. The summed E-state index contributed by atoms with van der Waals surface area (Å²) < 4.78 is 0. The molecule has 10 nitrogen and oxygen atoms in total. The Morgan fingerprint density at radius 2 is 0.900 bits per heavy atom. The molecule has 0 aliphatic carbocycles. The lowest BCUT2D eigenvalue weighted by molar-refractivity contribution is 0.881. The normalized spacial score (nSPS) is 11.0. The average Bonchev–Trinajstić information content (AvgIpc) is 3.50. The van der Waals surface area contributed by atoms with Crippen LogP contribution in [0.15, 0.2) is 48.5 Å². The molecule has 0 fully saturated rings. The first-order valence-electron chi connectivity index (χ1n) is 9.23. The molecule has 0 unspecified atom stereocenters. The zero-order valence-corrected chi connectivity index (χ0v) is 16.2. The standard InChI is InChI=1S/C20H16N10/c1-11-17(13-3-7-15(8-4-13)19-23-27-28-24-19)22-12(2)18(21-11)14-5-9-16(10-6-14)20-25-29-30-26-20/h3-10H,1-2H3,(H,23,24,27,28)(H,25,26,29,30). The maximum atomic E-state index is 4.83. The Bertz CT molecular complexity index is 1170. The van der Waals surface area contributed by atoms with Gasteiger partial charge in [-0.15, -0.1) is 20.4 Å². The highest BCUT2D eigenvalue weighted by Crippen LogP contribution is 2.28. The summed E-state index contributed by atoms with van der Waals surface area (Å²) in [4.78, 5) is 9.66. The number of aromatic nitrogens is 10. The number of nitrogens with one attached hydrogen (secondary N) is 2. The van der Waals surface area contributed by atoms with Gasteiger partial charge in [0.25, 0.3) is 0 Å². The SMILES string of the molecule is Cc1nc(-c2ccc(-c3nn[nH]n3)cc2)c(C)nc1-c1ccc(-c2nn[nH]n2)cc1. The molecule has 0 bridgehead atoms. The molecule has 146 valence electrons. The topological polar surface area (TPSA) is 135 Å². The van der Waals surface area contributed by atoms with E-state index in [4.69, 9.17) is 9.97 Å². The van der Waals surface area contributed by atoms with Gasteiger partial charge in [-0.3, -0.25) is 0 Å². The van der Waals surface area contributed by atoms with E-state index in [2.05, 4.69) is 41.2 Å². The second-order valence-corrected chi connectivity index (χ2v) is 6.72. The fraction of sp³-hybridized carbons (Fsp3) is 0.100. The van der Waals surface area contributed by atoms with Crippen LogP contribution in [0.25, 0.3) is 45.3 Å². The minimum atomic E-state index is 0.556. The van der Waals surface area contributed by atoms with Crippen molar-refractivity contribution < 1.29 is 0 Å². The van der Waals surface area contributed by atoms with Gasteiger partial charge in [-0.1, -0.05) is 48.5 Å². The van der Waals surface area contributed by atoms with E-state index in [1.54, 1.807) is 0 Å². The van der Waals surface area contributed by atoms with Crippen molar-refractivity contribution >= 4 is 0 Å². The lowest BCUT2D eigenvalue weighted by Gasteiger charge is -2.11. The largest absolute Gasteiger partial charge is 0.249 e. The highest BCUT2D eigenvalue weighted by Gasteiger charge is 2.13. The maximum absolute atomic E-state index is 4.83. The van der Waals surface area contributed by atoms with Gasteiger partial charge in [0.05, 0.1) is 22.8 Å². The number of H-pyrrole nitrogens is 2. The molecule has 5 aromatic rings. The third-order valence-electron chi connectivity index (χ3n) is 4.77. The molecule has 5 rings (SSSR count). The van der Waals surface area contributed by atoms with Crippen LogP contribution in [0, 0.1) is 13.8 Å². The Morgan fingerprint density at radius 1 is 0.533 bits per heavy atom. The maximum Gasteiger partial charge on any atom is 0.204 e. The van der Waals surface area contributed by atoms with Gasteiger partial charge in [0.15, 0.2) is 0 Å². The third-order valence-corrected chi connectivity index (χ3v) is 4.77. The van der Waals surface area contributed by atoms with E-state index in [1.165, 1.54) is 0 Å². The van der Waals surface area contributed by atoms with Crippen LogP contribution in [-0.4, -0.2) is 51.2 Å². The molecular formula is C20H16N10. The molecule has 0 radical (unpaired) electrons. The highest BCUT2D eigenvalue weighted by atomic mass is 15.5. The van der Waals surface area contributed by atoms with E-state index in [-0.39, 0.29) is 0 Å². The number of nitrogens with zero attached hydrogens (tertiary/aromatic N) is 8. The summed E-state index contributed by atoms with van der Waals surface area (Å²) in [6.45, 7) is 3.93. The van der Waals surface area contributed by atoms with Crippen LogP contribution >= 0.6 is 0 Å². The van der Waals surface area contributed by atoms with Crippen LogP contribution in [-0.2, 0) is 0 Å². The van der Waals surface area contributed by atoms with Crippen LogP contribution in [0.2, 0.25) is 0 Å². The number of hydrogen-bond donors (Lipinski definition) is 2. The molecule has 10 heteroatoms. The molecular weight excluding hydrogens is 380 g/mol. The average molecular weight is 396 g/mol. The van der Waals surface area contributed by atoms with Gasteiger partial charge in [-0.25, -0.2) is 9.97 Å². The lowest BCUT2D eigenvalue weighted by Crippen LogP contribution is -1.99. The summed E-state index contributed by atoms with van der Waals surface area (Å²) in [7, 11) is 0. The Morgan fingerprint density at radius 3 is 1.23 bits per heavy atom. The summed E-state index contributed by atoms with van der Waals surface area (Å²) in [5.41, 5.74) is 7.12. The van der Waals surface area contributed by atoms with Gasteiger partial charge in [0, 0.05) is 22.3 Å². The Hall–Kier alpha value is -4.34. The zero-order chi connectivity index (χ0) is 20.5. The van der Waals surface area contributed by atoms with E-state index in [0.29, 0.717) is 11.6 Å². The first-order valence-corrected chi connectivity index (χ1v) is 9.23. The number of aryl methyl sites for hydroxylation is 2. The van der Waals surface area contributed by atoms with Crippen LogP contribution in [0.5, 0.6) is 0 Å². The first-order chi connectivity index (χ1) is 14.7. The first kappa shape index (κ1) is 17.7. The van der Waals surface area contributed by atoms with Crippen molar-refractivity contribution in [3.63, 3.8) is 0 Å². The predicted molar refractivity (Wildman–Crippen MR) is 109 cm³/mol. The molecule has 0 saturated carbocycles. The number of rotatable bonds is 4. The van der Waals surface area contributed by atoms with Gasteiger partial charge >= 0.3 is 0 Å². The van der Waals surface area contributed by atoms with Crippen LogP contribution in [0.3, 0.4) is 0 Å². The molecule has 0 atom stereocenters. The number of aromatic amines is 2. The summed E-state index contributed by atoms with van der Waals surface area (Å²) in [5, 5.41) is 28.1. The van der Waals surface area contributed by atoms with Gasteiger partial charge in [0.1, 0.15) is 0 Å². The number of hydrogen-bond acceptors (Lipinski definition) is 8. The molecule has 30 heavy (non-hydrogen) atoms. The van der Waals surface area contributed by atoms with Crippen molar-refractivity contribution in [2.75, 3.05) is 0 Å². The molecule has 3 heterocycles. The molecule has 2 aromatic carbocycles. The second kappa shape index (κ2) is 7.24. The smallest absolute Gasteiger partial charge is 0.204 e. The summed E-state index contributed by atoms with van der Waals surface area (Å²) >= 11 is 0. The summed E-state index contributed by atoms with van der Waals surface area (Å²) in [6, 6.07) is 15.7. The van der Waals surface area contributed by atoms with Crippen molar-refractivity contribution in [3.05, 3.63) is 59.9 Å². The van der Waals surface area contributed by atoms with Crippen LogP contribution in [0.4, 0.5) is 0 Å². The van der Waals surface area contributed by atoms with E-state index < -0.39 is 0 Å². The van der Waals surface area contributed by atoms with Gasteiger partial charge in [-0.05, 0) is 24.3 Å². The molecule has 0 aliphatic rings. The fourth-order valence-electron chi connectivity index (χ4n) is 3.27. The molecule has 0 amide bonds. The molecule has 3 aromatic heterocycles. The van der Waals surface area contributed by atoms with Crippen molar-refractivity contribution in [2.45, 2.75) is 13.8 Å². The summed E-state index contributed by atoms with van der Waals surface area (Å²) in [6.07, 6.45) is 0. The number of benzene rings is 2. The quantitative estimate of drug-likeness (QED) is 0.473.